The van der Waals surface area contributed by atoms with Crippen LogP contribution < -0.4 is 10.6 Å². The molecule has 3 aromatic heterocycles. The average molecular weight is 694 g/mol. The summed E-state index contributed by atoms with van der Waals surface area (Å²) >= 11 is 2.86. The Kier molecular flexibility index (Phi) is 10.5. The molecule has 3 heterocycles. The number of amides is 2. The van der Waals surface area contributed by atoms with Crippen molar-refractivity contribution < 1.29 is 28.7 Å². The molecule has 0 aliphatic heterocycles. The molecule has 0 saturated carbocycles. The normalized spacial score (nSPS) is 17.6. The minimum absolute atomic E-state index is 0.104. The van der Waals surface area contributed by atoms with Crippen LogP contribution in [0.4, 0.5) is 10.0 Å². The van der Waals surface area contributed by atoms with E-state index in [0.717, 1.165) is 59.4 Å². The van der Waals surface area contributed by atoms with Crippen LogP contribution in [0.5, 0.6) is 0 Å². The number of pyridine rings is 1. The molecule has 3 aromatic rings. The third kappa shape index (κ3) is 7.52. The van der Waals surface area contributed by atoms with E-state index in [1.807, 2.05) is 0 Å². The van der Waals surface area contributed by atoms with Gasteiger partial charge in [0.1, 0.15) is 15.7 Å². The zero-order valence-electron chi connectivity index (χ0n) is 29.3. The zero-order chi connectivity index (χ0) is 35.0. The number of fused-ring (bicyclic) bond motifs is 2. The van der Waals surface area contributed by atoms with Gasteiger partial charge in [-0.05, 0) is 98.3 Å². The molecule has 258 valence electrons. The molecular weight excluding hydrogens is 647 g/mol. The monoisotopic (exact) mass is 693 g/mol. The fraction of sp³-hybridized carbons (Fsp3) is 0.541. The topological polar surface area (TPSA) is 124 Å². The van der Waals surface area contributed by atoms with Gasteiger partial charge >= 0.3 is 11.9 Å². The second kappa shape index (κ2) is 14.1. The van der Waals surface area contributed by atoms with Crippen LogP contribution in [0.2, 0.25) is 0 Å². The van der Waals surface area contributed by atoms with Crippen molar-refractivity contribution in [3.05, 3.63) is 61.6 Å². The molecule has 11 heteroatoms. The first kappa shape index (κ1) is 35.7. The number of rotatable bonds is 8. The van der Waals surface area contributed by atoms with Crippen molar-refractivity contribution in [2.75, 3.05) is 23.8 Å². The maximum Gasteiger partial charge on any atom is 0.341 e. The number of anilines is 2. The Labute approximate surface area is 291 Å². The standard InChI is InChI=1S/C37H47N3O6S2/c1-9-45-34(43)28-23-14-12-21(36(3,4)5)17-26(23)47-32(28)39-30(41)20-11-16-25(38-19-20)31(42)40-33-29(35(44)46-10-2)24-15-13-22(37(6,7)8)18-27(24)48-33/h11,16,19,21-22H,9-10,12-15,17-18H2,1-8H3,(H,39,41)(H,40,42)/t21-,22+/m0/s1. The minimum Gasteiger partial charge on any atom is -0.462 e. The number of carbonyl (C=O) groups excluding carboxylic acids is 4. The van der Waals surface area contributed by atoms with Gasteiger partial charge in [-0.1, -0.05) is 41.5 Å². The fourth-order valence-electron chi connectivity index (χ4n) is 6.67. The Balaban J connectivity index is 1.34. The average Bonchev–Trinajstić information content (AvgIpc) is 3.57. The molecule has 2 aliphatic rings. The summed E-state index contributed by atoms with van der Waals surface area (Å²) in [7, 11) is 0. The summed E-state index contributed by atoms with van der Waals surface area (Å²) < 4.78 is 10.8. The van der Waals surface area contributed by atoms with Crippen LogP contribution >= 0.6 is 22.7 Å². The SMILES string of the molecule is CCOC(=O)c1c(NC(=O)c2ccc(C(=O)Nc3sc4c(c3C(=O)OCC)CC[C@@H](C(C)(C)C)C4)nc2)sc2c1CC[C@H](C(C)(C)C)C2. The number of nitrogens with zero attached hydrogens (tertiary/aromatic N) is 1. The van der Waals surface area contributed by atoms with E-state index in [1.54, 1.807) is 13.8 Å². The summed E-state index contributed by atoms with van der Waals surface area (Å²) in [5, 5.41) is 6.77. The zero-order valence-corrected chi connectivity index (χ0v) is 30.9. The first-order chi connectivity index (χ1) is 22.6. The molecule has 0 radical (unpaired) electrons. The molecule has 2 N–H and O–H groups in total. The molecule has 0 spiro atoms. The molecule has 2 atom stereocenters. The molecule has 48 heavy (non-hydrogen) atoms. The Morgan fingerprint density at radius 1 is 0.750 bits per heavy atom. The summed E-state index contributed by atoms with van der Waals surface area (Å²) in [5.41, 5.74) is 3.40. The van der Waals surface area contributed by atoms with Crippen molar-refractivity contribution in [2.45, 2.75) is 93.9 Å². The third-order valence-electron chi connectivity index (χ3n) is 9.65. The van der Waals surface area contributed by atoms with Crippen LogP contribution in [0, 0.1) is 22.7 Å². The highest BCUT2D eigenvalue weighted by atomic mass is 32.1. The fourth-order valence-corrected chi connectivity index (χ4v) is 9.29. The van der Waals surface area contributed by atoms with Crippen LogP contribution in [-0.2, 0) is 35.2 Å². The number of hydrogen-bond donors (Lipinski definition) is 2. The van der Waals surface area contributed by atoms with E-state index in [2.05, 4.69) is 57.2 Å². The summed E-state index contributed by atoms with van der Waals surface area (Å²) in [6, 6.07) is 3.02. The van der Waals surface area contributed by atoms with Gasteiger partial charge < -0.3 is 20.1 Å². The number of aromatic nitrogens is 1. The van der Waals surface area contributed by atoms with E-state index >= 15 is 0 Å². The highest BCUT2D eigenvalue weighted by molar-refractivity contribution is 7.17. The molecule has 0 fully saturated rings. The van der Waals surface area contributed by atoms with Gasteiger partial charge in [-0.25, -0.2) is 9.59 Å². The van der Waals surface area contributed by atoms with Gasteiger partial charge in [-0.2, -0.15) is 0 Å². The molecular formula is C37H47N3O6S2. The van der Waals surface area contributed by atoms with Gasteiger partial charge in [0.2, 0.25) is 0 Å². The maximum atomic E-state index is 13.4. The van der Waals surface area contributed by atoms with E-state index in [0.29, 0.717) is 33.0 Å². The molecule has 5 rings (SSSR count). The van der Waals surface area contributed by atoms with Gasteiger partial charge in [0.25, 0.3) is 11.8 Å². The predicted molar refractivity (Wildman–Crippen MR) is 191 cm³/mol. The number of nitrogens with one attached hydrogen (secondary N) is 2. The van der Waals surface area contributed by atoms with Crippen LogP contribution in [-0.4, -0.2) is 42.0 Å². The Bertz CT molecular complexity index is 1580. The number of carbonyl (C=O) groups is 4. The maximum absolute atomic E-state index is 13.4. The second-order valence-electron chi connectivity index (χ2n) is 14.8. The van der Waals surface area contributed by atoms with Gasteiger partial charge in [-0.3, -0.25) is 14.6 Å². The van der Waals surface area contributed by atoms with Gasteiger partial charge in [0.05, 0.1) is 29.9 Å². The minimum atomic E-state index is -0.484. The number of hydrogen-bond acceptors (Lipinski definition) is 9. The van der Waals surface area contributed by atoms with Crippen LogP contribution in [0.25, 0.3) is 0 Å². The first-order valence-corrected chi connectivity index (χ1v) is 18.5. The van der Waals surface area contributed by atoms with Crippen LogP contribution in [0.3, 0.4) is 0 Å². The van der Waals surface area contributed by atoms with E-state index < -0.39 is 23.8 Å². The Morgan fingerprint density at radius 2 is 1.21 bits per heavy atom. The van der Waals surface area contributed by atoms with E-state index in [-0.39, 0.29) is 35.3 Å². The summed E-state index contributed by atoms with van der Waals surface area (Å²) in [5.74, 6) is -0.853. The van der Waals surface area contributed by atoms with Gasteiger partial charge in [-0.15, -0.1) is 22.7 Å². The lowest BCUT2D eigenvalue weighted by Gasteiger charge is -2.33. The van der Waals surface area contributed by atoms with Crippen molar-refractivity contribution in [1.29, 1.82) is 0 Å². The van der Waals surface area contributed by atoms with Crippen molar-refractivity contribution >= 4 is 56.4 Å². The second-order valence-corrected chi connectivity index (χ2v) is 17.0. The van der Waals surface area contributed by atoms with Crippen molar-refractivity contribution in [2.24, 2.45) is 22.7 Å². The third-order valence-corrected chi connectivity index (χ3v) is 12.0. The molecule has 2 aliphatic carbocycles. The Hall–Kier alpha value is -3.57. The smallest absolute Gasteiger partial charge is 0.341 e. The quantitative estimate of drug-likeness (QED) is 0.227. The summed E-state index contributed by atoms with van der Waals surface area (Å²) in [6.45, 7) is 17.4. The van der Waals surface area contributed by atoms with Crippen LogP contribution in [0.1, 0.15) is 131 Å². The van der Waals surface area contributed by atoms with E-state index in [1.165, 1.54) is 41.0 Å². The molecule has 0 aromatic carbocycles. The summed E-state index contributed by atoms with van der Waals surface area (Å²) in [4.78, 5) is 59.4. The van der Waals surface area contributed by atoms with Crippen LogP contribution in [0.15, 0.2) is 18.3 Å². The molecule has 0 unspecified atom stereocenters. The lowest BCUT2D eigenvalue weighted by molar-refractivity contribution is 0.0516. The van der Waals surface area contributed by atoms with Crippen molar-refractivity contribution in [3.8, 4) is 0 Å². The number of ether oxygens (including phenoxy) is 2. The summed E-state index contributed by atoms with van der Waals surface area (Å²) in [6.07, 6.45) is 6.47. The van der Waals surface area contributed by atoms with Gasteiger partial charge in [0.15, 0.2) is 0 Å². The number of thiophene rings is 2. The van der Waals surface area contributed by atoms with E-state index in [9.17, 15) is 19.2 Å². The van der Waals surface area contributed by atoms with Crippen molar-refractivity contribution in [3.63, 3.8) is 0 Å². The molecule has 9 nitrogen and oxygen atoms in total. The largest absolute Gasteiger partial charge is 0.462 e. The van der Waals surface area contributed by atoms with Crippen molar-refractivity contribution in [1.82, 2.24) is 4.98 Å². The highest BCUT2D eigenvalue weighted by Gasteiger charge is 2.36. The first-order valence-electron chi connectivity index (χ1n) is 16.8. The molecule has 0 saturated heterocycles. The van der Waals surface area contributed by atoms with E-state index in [4.69, 9.17) is 9.47 Å². The predicted octanol–water partition coefficient (Wildman–Crippen LogP) is 8.36. The highest BCUT2D eigenvalue weighted by Crippen LogP contribution is 2.46. The lowest BCUT2D eigenvalue weighted by Crippen LogP contribution is -2.26. The van der Waals surface area contributed by atoms with Gasteiger partial charge in [0, 0.05) is 16.0 Å². The molecule has 2 amide bonds. The number of esters is 2. The molecule has 0 bridgehead atoms. The lowest BCUT2D eigenvalue weighted by atomic mass is 9.72. The Morgan fingerprint density at radius 3 is 1.60 bits per heavy atom.